The number of carbonyl (C=O) groups is 3. The van der Waals surface area contributed by atoms with Crippen molar-refractivity contribution in [1.82, 2.24) is 10.0 Å². The van der Waals surface area contributed by atoms with Crippen LogP contribution in [0, 0.1) is 6.92 Å². The number of nitrogens with one attached hydrogen (secondary N) is 2. The van der Waals surface area contributed by atoms with Gasteiger partial charge in [-0.15, -0.1) is 0 Å². The predicted molar refractivity (Wildman–Crippen MR) is 107 cm³/mol. The number of aryl methyl sites for hydroxylation is 1. The molecular weight excluding hydrogens is 450 g/mol. The van der Waals surface area contributed by atoms with E-state index in [4.69, 9.17) is 4.74 Å². The van der Waals surface area contributed by atoms with Crippen LogP contribution in [-0.2, 0) is 24.3 Å². The Balaban J connectivity index is 1.72. The number of imide groups is 1. The minimum atomic E-state index is -3.79. The first-order valence-corrected chi connectivity index (χ1v) is 10.7. The van der Waals surface area contributed by atoms with Gasteiger partial charge in [-0.1, -0.05) is 17.7 Å². The molecule has 2 aromatic rings. The van der Waals surface area contributed by atoms with Gasteiger partial charge in [-0.2, -0.15) is 8.78 Å². The molecule has 2 rings (SSSR count). The highest BCUT2D eigenvalue weighted by atomic mass is 32.2. The fourth-order valence-corrected chi connectivity index (χ4v) is 3.36. The summed E-state index contributed by atoms with van der Waals surface area (Å²) in [6.45, 7) is -2.21. The molecule has 0 radical (unpaired) electrons. The first-order chi connectivity index (χ1) is 15.1. The van der Waals surface area contributed by atoms with E-state index in [2.05, 4.69) is 9.46 Å². The Morgan fingerprint density at radius 2 is 1.62 bits per heavy atom. The number of amides is 2. The Bertz CT molecular complexity index is 1060. The van der Waals surface area contributed by atoms with Crippen molar-refractivity contribution in [3.8, 4) is 5.75 Å². The summed E-state index contributed by atoms with van der Waals surface area (Å²) >= 11 is 0. The van der Waals surface area contributed by atoms with E-state index in [1.54, 1.807) is 12.1 Å². The van der Waals surface area contributed by atoms with E-state index in [9.17, 15) is 31.6 Å². The summed E-state index contributed by atoms with van der Waals surface area (Å²) in [7, 11) is -3.79. The lowest BCUT2D eigenvalue weighted by atomic mass is 10.2. The summed E-state index contributed by atoms with van der Waals surface area (Å²) in [5.41, 5.74) is 0.888. The molecule has 0 saturated carbocycles. The third-order valence-corrected chi connectivity index (χ3v) is 5.39. The van der Waals surface area contributed by atoms with Crippen LogP contribution in [0.15, 0.2) is 53.4 Å². The maximum atomic E-state index is 12.1. The number of rotatable bonds is 10. The van der Waals surface area contributed by atoms with Crippen LogP contribution >= 0.6 is 0 Å². The highest BCUT2D eigenvalue weighted by Crippen LogP contribution is 2.15. The number of ether oxygens (including phenoxy) is 2. The van der Waals surface area contributed by atoms with E-state index < -0.39 is 41.0 Å². The molecule has 0 spiro atoms. The number of esters is 1. The lowest BCUT2D eigenvalue weighted by molar-refractivity contribution is -0.148. The standard InChI is InChI=1S/C20H20F2N2O7S/c1-13-2-8-16(9-3-13)32(28,29)23-11-10-18(26)30-12-17(25)24-19(27)14-4-6-15(7-5-14)31-20(21)22/h2-9,20,23H,10-12H2,1H3,(H,24,25,27). The summed E-state index contributed by atoms with van der Waals surface area (Å²) in [5, 5.41) is 1.96. The summed E-state index contributed by atoms with van der Waals surface area (Å²) in [6, 6.07) is 10.7. The van der Waals surface area contributed by atoms with Crippen LogP contribution in [-0.4, -0.2) is 46.0 Å². The molecular formula is C20H20F2N2O7S. The van der Waals surface area contributed by atoms with Gasteiger partial charge >= 0.3 is 12.6 Å². The topological polar surface area (TPSA) is 128 Å². The molecule has 0 heterocycles. The van der Waals surface area contributed by atoms with E-state index in [0.29, 0.717) is 0 Å². The second-order valence-corrected chi connectivity index (χ2v) is 8.17. The molecule has 2 amide bonds. The van der Waals surface area contributed by atoms with Gasteiger partial charge in [0.15, 0.2) is 6.61 Å². The number of carbonyl (C=O) groups excluding carboxylic acids is 3. The summed E-state index contributed by atoms with van der Waals surface area (Å²) in [6.07, 6.45) is -0.335. The average molecular weight is 470 g/mol. The molecule has 12 heteroatoms. The predicted octanol–water partition coefficient (Wildman–Crippen LogP) is 1.76. The number of alkyl halides is 2. The average Bonchev–Trinajstić information content (AvgIpc) is 2.72. The third kappa shape index (κ3) is 8.04. The first kappa shape index (κ1) is 24.9. The maximum Gasteiger partial charge on any atom is 0.387 e. The Morgan fingerprint density at radius 1 is 1.00 bits per heavy atom. The fraction of sp³-hybridized carbons (Fsp3) is 0.250. The zero-order valence-corrected chi connectivity index (χ0v) is 17.7. The monoisotopic (exact) mass is 470 g/mol. The second-order valence-electron chi connectivity index (χ2n) is 6.40. The second kappa shape index (κ2) is 11.3. The smallest absolute Gasteiger partial charge is 0.387 e. The molecule has 172 valence electrons. The third-order valence-electron chi connectivity index (χ3n) is 3.91. The van der Waals surface area contributed by atoms with Gasteiger partial charge in [0, 0.05) is 12.1 Å². The number of halogens is 2. The Labute approximate surface area is 182 Å². The molecule has 0 atom stereocenters. The van der Waals surface area contributed by atoms with Crippen molar-refractivity contribution in [2.24, 2.45) is 0 Å². The van der Waals surface area contributed by atoms with Crippen LogP contribution in [0.1, 0.15) is 22.3 Å². The van der Waals surface area contributed by atoms with Crippen molar-refractivity contribution in [3.05, 3.63) is 59.7 Å². The molecule has 2 N–H and O–H groups in total. The van der Waals surface area contributed by atoms with E-state index >= 15 is 0 Å². The largest absolute Gasteiger partial charge is 0.456 e. The van der Waals surface area contributed by atoms with Crippen molar-refractivity contribution in [2.45, 2.75) is 24.9 Å². The Kier molecular flexibility index (Phi) is 8.79. The summed E-state index contributed by atoms with van der Waals surface area (Å²) < 4.78 is 59.5. The number of benzene rings is 2. The normalized spacial score (nSPS) is 11.1. The van der Waals surface area contributed by atoms with E-state index in [1.807, 2.05) is 12.2 Å². The van der Waals surface area contributed by atoms with Gasteiger partial charge in [-0.25, -0.2) is 13.1 Å². The zero-order chi connectivity index (χ0) is 23.7. The van der Waals surface area contributed by atoms with Gasteiger partial charge < -0.3 is 9.47 Å². The van der Waals surface area contributed by atoms with Crippen molar-refractivity contribution in [1.29, 1.82) is 0 Å². The van der Waals surface area contributed by atoms with Crippen LogP contribution in [0.25, 0.3) is 0 Å². The molecule has 0 aliphatic carbocycles. The van der Waals surface area contributed by atoms with Crippen LogP contribution in [0.3, 0.4) is 0 Å². The van der Waals surface area contributed by atoms with E-state index in [0.717, 1.165) is 17.7 Å². The van der Waals surface area contributed by atoms with Crippen molar-refractivity contribution < 1.29 is 41.1 Å². The highest BCUT2D eigenvalue weighted by molar-refractivity contribution is 7.89. The van der Waals surface area contributed by atoms with Crippen LogP contribution < -0.4 is 14.8 Å². The fourth-order valence-electron chi connectivity index (χ4n) is 2.33. The molecule has 0 fully saturated rings. The van der Waals surface area contributed by atoms with Crippen molar-refractivity contribution >= 4 is 27.8 Å². The molecule has 9 nitrogen and oxygen atoms in total. The molecule has 0 aliphatic heterocycles. The quantitative estimate of drug-likeness (QED) is 0.507. The molecule has 0 aliphatic rings. The van der Waals surface area contributed by atoms with Gasteiger partial charge in [-0.3, -0.25) is 19.7 Å². The minimum absolute atomic E-state index is 0.00296. The lowest BCUT2D eigenvalue weighted by Gasteiger charge is -2.08. The zero-order valence-electron chi connectivity index (χ0n) is 16.8. The summed E-state index contributed by atoms with van der Waals surface area (Å²) in [5.74, 6) is -2.76. The van der Waals surface area contributed by atoms with Gasteiger partial charge in [0.1, 0.15) is 5.75 Å². The molecule has 32 heavy (non-hydrogen) atoms. The minimum Gasteiger partial charge on any atom is -0.456 e. The lowest BCUT2D eigenvalue weighted by Crippen LogP contribution is -2.34. The molecule has 0 unspecified atom stereocenters. The van der Waals surface area contributed by atoms with Crippen molar-refractivity contribution in [2.75, 3.05) is 13.2 Å². The molecule has 0 bridgehead atoms. The number of sulfonamides is 1. The highest BCUT2D eigenvalue weighted by Gasteiger charge is 2.16. The van der Waals surface area contributed by atoms with E-state index in [1.165, 1.54) is 24.3 Å². The molecule has 0 aromatic heterocycles. The van der Waals surface area contributed by atoms with E-state index in [-0.39, 0.29) is 29.2 Å². The Hall–Kier alpha value is -3.38. The first-order valence-electron chi connectivity index (χ1n) is 9.18. The SMILES string of the molecule is Cc1ccc(S(=O)(=O)NCCC(=O)OCC(=O)NC(=O)c2ccc(OC(F)F)cc2)cc1. The van der Waals surface area contributed by atoms with Crippen LogP contribution in [0.2, 0.25) is 0 Å². The maximum absolute atomic E-state index is 12.1. The van der Waals surface area contributed by atoms with Gasteiger partial charge in [0.05, 0.1) is 11.3 Å². The van der Waals surface area contributed by atoms with Crippen LogP contribution in [0.5, 0.6) is 5.75 Å². The van der Waals surface area contributed by atoms with Crippen LogP contribution in [0.4, 0.5) is 8.78 Å². The molecule has 2 aromatic carbocycles. The van der Waals surface area contributed by atoms with Gasteiger partial charge in [-0.05, 0) is 43.3 Å². The summed E-state index contributed by atoms with van der Waals surface area (Å²) in [4.78, 5) is 35.4. The molecule has 0 saturated heterocycles. The van der Waals surface area contributed by atoms with Gasteiger partial charge in [0.2, 0.25) is 10.0 Å². The number of hydrogen-bond acceptors (Lipinski definition) is 7. The van der Waals surface area contributed by atoms with Crippen molar-refractivity contribution in [3.63, 3.8) is 0 Å². The Morgan fingerprint density at radius 3 is 2.22 bits per heavy atom. The van der Waals surface area contributed by atoms with Gasteiger partial charge in [0.25, 0.3) is 11.8 Å². The number of hydrogen-bond donors (Lipinski definition) is 2.